The number of nitrogens with one attached hydrogen (secondary N) is 2. The molecule has 0 saturated carbocycles. The maximum Gasteiger partial charge on any atom is 0.251 e. The zero-order valence-corrected chi connectivity index (χ0v) is 13.1. The standard InChI is InChI=1S/C18H20N2O2/c1-12-5-4-6-16(13(12)2)18(22)20-11-14-7-9-15(10-8-14)17(21)19-3/h4-10H,11H2,1-3H3,(H,19,21)(H,20,22). The van der Waals surface area contributed by atoms with Crippen LogP contribution in [0.2, 0.25) is 0 Å². The molecule has 0 heterocycles. The van der Waals surface area contributed by atoms with Crippen LogP contribution < -0.4 is 10.6 Å². The SMILES string of the molecule is CNC(=O)c1ccc(CNC(=O)c2cccc(C)c2C)cc1. The second-order valence-electron chi connectivity index (χ2n) is 5.21. The number of amides is 2. The second kappa shape index (κ2) is 6.89. The molecule has 0 saturated heterocycles. The molecule has 4 nitrogen and oxygen atoms in total. The van der Waals surface area contributed by atoms with E-state index >= 15 is 0 Å². The zero-order valence-electron chi connectivity index (χ0n) is 13.1. The van der Waals surface area contributed by atoms with Gasteiger partial charge in [-0.25, -0.2) is 0 Å². The second-order valence-corrected chi connectivity index (χ2v) is 5.21. The van der Waals surface area contributed by atoms with Crippen LogP contribution >= 0.6 is 0 Å². The lowest BCUT2D eigenvalue weighted by molar-refractivity contribution is 0.0945. The normalized spacial score (nSPS) is 10.1. The number of carbonyl (C=O) groups is 2. The first-order valence-electron chi connectivity index (χ1n) is 7.18. The molecule has 22 heavy (non-hydrogen) atoms. The van der Waals surface area contributed by atoms with Gasteiger partial charge in [-0.1, -0.05) is 24.3 Å². The number of hydrogen-bond donors (Lipinski definition) is 2. The molecular formula is C18H20N2O2. The summed E-state index contributed by atoms with van der Waals surface area (Å²) in [5.41, 5.74) is 4.35. The Kier molecular flexibility index (Phi) is 4.94. The smallest absolute Gasteiger partial charge is 0.251 e. The summed E-state index contributed by atoms with van der Waals surface area (Å²) >= 11 is 0. The van der Waals surface area contributed by atoms with Crippen molar-refractivity contribution in [1.29, 1.82) is 0 Å². The van der Waals surface area contributed by atoms with Crippen molar-refractivity contribution in [3.05, 3.63) is 70.3 Å². The van der Waals surface area contributed by atoms with E-state index in [0.717, 1.165) is 16.7 Å². The minimum atomic E-state index is -0.119. The molecular weight excluding hydrogens is 276 g/mol. The molecule has 0 aliphatic rings. The summed E-state index contributed by atoms with van der Waals surface area (Å²) in [4.78, 5) is 23.7. The van der Waals surface area contributed by atoms with Gasteiger partial charge in [-0.05, 0) is 48.7 Å². The fraction of sp³-hybridized carbons (Fsp3) is 0.222. The van der Waals surface area contributed by atoms with Gasteiger partial charge < -0.3 is 10.6 Å². The Morgan fingerprint density at radius 1 is 0.955 bits per heavy atom. The summed E-state index contributed by atoms with van der Waals surface area (Å²) in [5.74, 6) is -0.206. The fourth-order valence-electron chi connectivity index (χ4n) is 2.19. The van der Waals surface area contributed by atoms with Crippen molar-refractivity contribution in [2.75, 3.05) is 7.05 Å². The lowest BCUT2D eigenvalue weighted by Gasteiger charge is -2.10. The lowest BCUT2D eigenvalue weighted by atomic mass is 10.0. The molecule has 0 radical (unpaired) electrons. The molecule has 4 heteroatoms. The van der Waals surface area contributed by atoms with Crippen LogP contribution in [0.5, 0.6) is 0 Å². The Balaban J connectivity index is 2.02. The van der Waals surface area contributed by atoms with Crippen LogP contribution in [0.3, 0.4) is 0 Å². The van der Waals surface area contributed by atoms with E-state index in [4.69, 9.17) is 0 Å². The van der Waals surface area contributed by atoms with Gasteiger partial charge in [0.15, 0.2) is 0 Å². The molecule has 0 bridgehead atoms. The predicted octanol–water partition coefficient (Wildman–Crippen LogP) is 2.59. The van der Waals surface area contributed by atoms with Crippen molar-refractivity contribution in [1.82, 2.24) is 10.6 Å². The Morgan fingerprint density at radius 2 is 1.64 bits per heavy atom. The molecule has 0 atom stereocenters. The highest BCUT2D eigenvalue weighted by Gasteiger charge is 2.10. The fourth-order valence-corrected chi connectivity index (χ4v) is 2.19. The summed E-state index contributed by atoms with van der Waals surface area (Å²) in [6.07, 6.45) is 0. The van der Waals surface area contributed by atoms with Crippen LogP contribution in [0.15, 0.2) is 42.5 Å². The minimum absolute atomic E-state index is 0.0865. The van der Waals surface area contributed by atoms with Crippen LogP contribution in [-0.4, -0.2) is 18.9 Å². The van der Waals surface area contributed by atoms with Gasteiger partial charge in [-0.3, -0.25) is 9.59 Å². The highest BCUT2D eigenvalue weighted by Crippen LogP contribution is 2.13. The monoisotopic (exact) mass is 296 g/mol. The Labute approximate surface area is 130 Å². The van der Waals surface area contributed by atoms with Gasteiger partial charge >= 0.3 is 0 Å². The number of benzene rings is 2. The maximum atomic E-state index is 12.2. The average Bonchev–Trinajstić information content (AvgIpc) is 2.55. The zero-order chi connectivity index (χ0) is 16.1. The Bertz CT molecular complexity index is 691. The summed E-state index contributed by atoms with van der Waals surface area (Å²) in [7, 11) is 1.60. The van der Waals surface area contributed by atoms with E-state index in [1.54, 1.807) is 19.2 Å². The van der Waals surface area contributed by atoms with Crippen molar-refractivity contribution in [2.45, 2.75) is 20.4 Å². The van der Waals surface area contributed by atoms with E-state index in [9.17, 15) is 9.59 Å². The van der Waals surface area contributed by atoms with Crippen molar-refractivity contribution < 1.29 is 9.59 Å². The van der Waals surface area contributed by atoms with E-state index in [1.807, 2.05) is 44.2 Å². The topological polar surface area (TPSA) is 58.2 Å². The van der Waals surface area contributed by atoms with Crippen molar-refractivity contribution in [3.8, 4) is 0 Å². The van der Waals surface area contributed by atoms with E-state index < -0.39 is 0 Å². The molecule has 2 N–H and O–H groups in total. The van der Waals surface area contributed by atoms with Gasteiger partial charge in [0.05, 0.1) is 0 Å². The van der Waals surface area contributed by atoms with Crippen molar-refractivity contribution in [3.63, 3.8) is 0 Å². The molecule has 0 fully saturated rings. The summed E-state index contributed by atoms with van der Waals surface area (Å²) in [6, 6.07) is 12.9. The van der Waals surface area contributed by atoms with E-state index in [-0.39, 0.29) is 11.8 Å². The number of carbonyl (C=O) groups excluding carboxylic acids is 2. The Morgan fingerprint density at radius 3 is 2.27 bits per heavy atom. The summed E-state index contributed by atoms with van der Waals surface area (Å²) in [5, 5.41) is 5.48. The number of rotatable bonds is 4. The molecule has 114 valence electrons. The largest absolute Gasteiger partial charge is 0.355 e. The molecule has 0 aliphatic carbocycles. The van der Waals surface area contributed by atoms with Crippen LogP contribution in [0.4, 0.5) is 0 Å². The van der Waals surface area contributed by atoms with Crippen LogP contribution in [-0.2, 0) is 6.54 Å². The van der Waals surface area contributed by atoms with Crippen LogP contribution in [0, 0.1) is 13.8 Å². The third-order valence-electron chi connectivity index (χ3n) is 3.75. The highest BCUT2D eigenvalue weighted by molar-refractivity contribution is 5.96. The van der Waals surface area contributed by atoms with Gasteiger partial charge in [0.25, 0.3) is 11.8 Å². The first-order valence-corrected chi connectivity index (χ1v) is 7.18. The molecule has 0 spiro atoms. The van der Waals surface area contributed by atoms with Gasteiger partial charge in [-0.15, -0.1) is 0 Å². The summed E-state index contributed by atoms with van der Waals surface area (Å²) < 4.78 is 0. The molecule has 0 aliphatic heterocycles. The van der Waals surface area contributed by atoms with Crippen LogP contribution in [0.25, 0.3) is 0 Å². The van der Waals surface area contributed by atoms with Crippen molar-refractivity contribution >= 4 is 11.8 Å². The molecule has 0 unspecified atom stereocenters. The molecule has 2 aromatic carbocycles. The number of aryl methyl sites for hydroxylation is 1. The maximum absolute atomic E-state index is 12.2. The lowest BCUT2D eigenvalue weighted by Crippen LogP contribution is -2.24. The van der Waals surface area contributed by atoms with Gasteiger partial charge in [0, 0.05) is 24.7 Å². The first-order chi connectivity index (χ1) is 10.5. The molecule has 2 rings (SSSR count). The summed E-state index contributed by atoms with van der Waals surface area (Å²) in [6.45, 7) is 4.37. The third-order valence-corrected chi connectivity index (χ3v) is 3.75. The molecule has 2 aromatic rings. The highest BCUT2D eigenvalue weighted by atomic mass is 16.2. The third kappa shape index (κ3) is 3.52. The van der Waals surface area contributed by atoms with Gasteiger partial charge in [0.1, 0.15) is 0 Å². The van der Waals surface area contributed by atoms with E-state index in [0.29, 0.717) is 17.7 Å². The van der Waals surface area contributed by atoms with Gasteiger partial charge in [-0.2, -0.15) is 0 Å². The predicted molar refractivity (Wildman–Crippen MR) is 86.9 cm³/mol. The van der Waals surface area contributed by atoms with Crippen molar-refractivity contribution in [2.24, 2.45) is 0 Å². The molecule has 2 amide bonds. The van der Waals surface area contributed by atoms with E-state index in [2.05, 4.69) is 10.6 Å². The Hall–Kier alpha value is -2.62. The average molecular weight is 296 g/mol. The molecule has 0 aromatic heterocycles. The van der Waals surface area contributed by atoms with Gasteiger partial charge in [0.2, 0.25) is 0 Å². The van der Waals surface area contributed by atoms with E-state index in [1.165, 1.54) is 0 Å². The first kappa shape index (κ1) is 15.8. The van der Waals surface area contributed by atoms with Crippen LogP contribution in [0.1, 0.15) is 37.4 Å². The number of hydrogen-bond acceptors (Lipinski definition) is 2. The quantitative estimate of drug-likeness (QED) is 0.911. The minimum Gasteiger partial charge on any atom is -0.355 e.